The fourth-order valence-electron chi connectivity index (χ4n) is 2.82. The number of hydrogen-bond donors (Lipinski definition) is 2. The average Bonchev–Trinajstić information content (AvgIpc) is 3.04. The number of alkyl halides is 3. The number of carbonyl (C=O) groups is 2. The molecular formula is C19H22F3N3O3. The van der Waals surface area contributed by atoms with Gasteiger partial charge in [-0.2, -0.15) is 18.3 Å². The lowest BCUT2D eigenvalue weighted by molar-refractivity contribution is -0.143. The summed E-state index contributed by atoms with van der Waals surface area (Å²) < 4.78 is 41.6. The Labute approximate surface area is 160 Å². The molecule has 1 amide bonds. The molecule has 1 atom stereocenters. The predicted octanol–water partition coefficient (Wildman–Crippen LogP) is 3.68. The van der Waals surface area contributed by atoms with Crippen molar-refractivity contribution in [2.45, 2.75) is 33.4 Å². The first-order valence-corrected chi connectivity index (χ1v) is 8.74. The summed E-state index contributed by atoms with van der Waals surface area (Å²) in [5.74, 6) is -2.94. The maximum absolute atomic E-state index is 13.6. The molecule has 0 bridgehead atoms. The second kappa shape index (κ2) is 8.45. The first kappa shape index (κ1) is 21.5. The number of carbonyl (C=O) groups excluding carboxylic acids is 1. The van der Waals surface area contributed by atoms with Gasteiger partial charge < -0.3 is 10.4 Å². The highest BCUT2D eigenvalue weighted by Gasteiger charge is 2.40. The third-order valence-electron chi connectivity index (χ3n) is 4.18. The van der Waals surface area contributed by atoms with Crippen molar-refractivity contribution in [1.82, 2.24) is 15.1 Å². The lowest BCUT2D eigenvalue weighted by Crippen LogP contribution is -2.34. The van der Waals surface area contributed by atoms with Gasteiger partial charge in [-0.25, -0.2) is 4.68 Å². The molecule has 9 heteroatoms. The number of aliphatic carboxylic acids is 1. The summed E-state index contributed by atoms with van der Waals surface area (Å²) in [4.78, 5) is 23.6. The molecule has 1 heterocycles. The van der Waals surface area contributed by atoms with E-state index in [1.54, 1.807) is 19.1 Å². The molecule has 0 aliphatic rings. The zero-order valence-electron chi connectivity index (χ0n) is 15.7. The van der Waals surface area contributed by atoms with E-state index in [2.05, 4.69) is 10.4 Å². The molecule has 2 aromatic rings. The largest absolute Gasteiger partial charge is 0.481 e. The second-order valence-electron chi connectivity index (χ2n) is 7.03. The number of nitrogens with one attached hydrogen (secondary N) is 1. The molecule has 0 saturated heterocycles. The van der Waals surface area contributed by atoms with Crippen LogP contribution in [0.15, 0.2) is 30.5 Å². The van der Waals surface area contributed by atoms with Crippen LogP contribution in [0.5, 0.6) is 0 Å². The summed E-state index contributed by atoms with van der Waals surface area (Å²) in [7, 11) is 0. The van der Waals surface area contributed by atoms with E-state index in [0.29, 0.717) is 11.1 Å². The van der Waals surface area contributed by atoms with Crippen molar-refractivity contribution in [3.63, 3.8) is 0 Å². The summed E-state index contributed by atoms with van der Waals surface area (Å²) in [5, 5.41) is 15.2. The first-order chi connectivity index (χ1) is 13.0. The van der Waals surface area contributed by atoms with Crippen molar-refractivity contribution >= 4 is 11.9 Å². The first-order valence-electron chi connectivity index (χ1n) is 8.74. The van der Waals surface area contributed by atoms with Gasteiger partial charge in [0.15, 0.2) is 5.69 Å². The Bertz CT molecular complexity index is 842. The Morgan fingerprint density at radius 1 is 1.21 bits per heavy atom. The van der Waals surface area contributed by atoms with Crippen LogP contribution in [0.2, 0.25) is 0 Å². The number of hydrogen-bond acceptors (Lipinski definition) is 3. The van der Waals surface area contributed by atoms with Crippen molar-refractivity contribution in [2.75, 3.05) is 6.54 Å². The molecular weight excluding hydrogens is 375 g/mol. The van der Waals surface area contributed by atoms with E-state index in [9.17, 15) is 27.9 Å². The van der Waals surface area contributed by atoms with E-state index >= 15 is 0 Å². The number of carboxylic acid groups (broad SMARTS) is 1. The zero-order chi connectivity index (χ0) is 21.1. The molecule has 0 spiro atoms. The Morgan fingerprint density at radius 3 is 2.32 bits per heavy atom. The quantitative estimate of drug-likeness (QED) is 0.747. The van der Waals surface area contributed by atoms with Crippen LogP contribution in [-0.4, -0.2) is 33.3 Å². The fourth-order valence-corrected chi connectivity index (χ4v) is 2.82. The Balaban J connectivity index is 2.31. The van der Waals surface area contributed by atoms with Crippen LogP contribution in [0, 0.1) is 18.8 Å². The summed E-state index contributed by atoms with van der Waals surface area (Å²) in [6.45, 7) is 5.18. The Kier molecular flexibility index (Phi) is 6.48. The number of nitrogens with zero attached hydrogens (tertiary/aromatic N) is 2. The van der Waals surface area contributed by atoms with Gasteiger partial charge in [0.05, 0.1) is 23.4 Å². The third kappa shape index (κ3) is 5.11. The van der Waals surface area contributed by atoms with Gasteiger partial charge >= 0.3 is 12.1 Å². The van der Waals surface area contributed by atoms with Crippen LogP contribution in [0.25, 0.3) is 5.69 Å². The molecule has 0 radical (unpaired) electrons. The Morgan fingerprint density at radius 2 is 1.82 bits per heavy atom. The van der Waals surface area contributed by atoms with Gasteiger partial charge in [-0.05, 0) is 31.4 Å². The van der Waals surface area contributed by atoms with Crippen molar-refractivity contribution in [1.29, 1.82) is 0 Å². The number of benzene rings is 1. The number of carboxylic acids is 1. The summed E-state index contributed by atoms with van der Waals surface area (Å²) in [6.07, 6.45) is -3.68. The third-order valence-corrected chi connectivity index (χ3v) is 4.18. The summed E-state index contributed by atoms with van der Waals surface area (Å²) in [6, 6.07) is 6.23. The van der Waals surface area contributed by atoms with Crippen LogP contribution in [0.4, 0.5) is 13.2 Å². The Hall–Kier alpha value is -2.84. The maximum Gasteiger partial charge on any atom is 0.434 e. The number of aromatic nitrogens is 2. The normalized spacial score (nSPS) is 12.8. The SMILES string of the molecule is Cc1ccc(-n2ncc(C(=O)NCC(CC(C)C)C(=O)O)c2C(F)(F)F)cc1. The van der Waals surface area contributed by atoms with Gasteiger partial charge in [0.25, 0.3) is 5.91 Å². The smallest absolute Gasteiger partial charge is 0.434 e. The molecule has 1 unspecified atom stereocenters. The van der Waals surface area contributed by atoms with Crippen molar-refractivity contribution < 1.29 is 27.9 Å². The molecule has 28 heavy (non-hydrogen) atoms. The number of rotatable bonds is 7. The molecule has 0 aliphatic carbocycles. The summed E-state index contributed by atoms with van der Waals surface area (Å²) >= 11 is 0. The van der Waals surface area contributed by atoms with Crippen molar-refractivity contribution in [2.24, 2.45) is 11.8 Å². The molecule has 2 N–H and O–H groups in total. The van der Waals surface area contributed by atoms with E-state index in [-0.39, 0.29) is 18.2 Å². The molecule has 0 saturated carbocycles. The molecule has 2 rings (SSSR count). The minimum atomic E-state index is -4.82. The van der Waals surface area contributed by atoms with E-state index in [4.69, 9.17) is 0 Å². The van der Waals surface area contributed by atoms with E-state index in [1.165, 1.54) is 12.1 Å². The monoisotopic (exact) mass is 397 g/mol. The highest BCUT2D eigenvalue weighted by atomic mass is 19.4. The second-order valence-corrected chi connectivity index (χ2v) is 7.03. The standard InChI is InChI=1S/C19H22F3N3O3/c1-11(2)8-13(18(27)28)9-23-17(26)15-10-24-25(16(15)19(20,21)22)14-6-4-12(3)5-7-14/h4-7,10-11,13H,8-9H2,1-3H3,(H,23,26)(H,27,28). The maximum atomic E-state index is 13.6. The van der Waals surface area contributed by atoms with Crippen molar-refractivity contribution in [3.8, 4) is 5.69 Å². The van der Waals surface area contributed by atoms with Gasteiger partial charge in [-0.3, -0.25) is 9.59 Å². The average molecular weight is 397 g/mol. The van der Waals surface area contributed by atoms with Gasteiger partial charge in [-0.15, -0.1) is 0 Å². The summed E-state index contributed by atoms with van der Waals surface area (Å²) in [5.41, 5.74) is -0.821. The van der Waals surface area contributed by atoms with Gasteiger partial charge in [-0.1, -0.05) is 31.5 Å². The molecule has 6 nitrogen and oxygen atoms in total. The molecule has 152 valence electrons. The van der Waals surface area contributed by atoms with E-state index < -0.39 is 35.2 Å². The van der Waals surface area contributed by atoms with Crippen molar-refractivity contribution in [3.05, 3.63) is 47.3 Å². The molecule has 0 fully saturated rings. The number of aryl methyl sites for hydroxylation is 1. The van der Waals surface area contributed by atoms with Crippen LogP contribution in [0.3, 0.4) is 0 Å². The lowest BCUT2D eigenvalue weighted by Gasteiger charge is -2.16. The highest BCUT2D eigenvalue weighted by molar-refractivity contribution is 5.95. The van der Waals surface area contributed by atoms with Crippen LogP contribution >= 0.6 is 0 Å². The fraction of sp³-hybridized carbons (Fsp3) is 0.421. The molecule has 0 aliphatic heterocycles. The highest BCUT2D eigenvalue weighted by Crippen LogP contribution is 2.33. The van der Waals surface area contributed by atoms with Gasteiger partial charge in [0, 0.05) is 6.54 Å². The van der Waals surface area contributed by atoms with Gasteiger partial charge in [0.1, 0.15) is 0 Å². The lowest BCUT2D eigenvalue weighted by atomic mass is 9.97. The minimum absolute atomic E-state index is 0.0630. The minimum Gasteiger partial charge on any atom is -0.481 e. The number of halogens is 3. The van der Waals surface area contributed by atoms with Crippen LogP contribution < -0.4 is 5.32 Å². The van der Waals surface area contributed by atoms with E-state index in [0.717, 1.165) is 11.8 Å². The number of amides is 1. The topological polar surface area (TPSA) is 84.2 Å². The predicted molar refractivity (Wildman–Crippen MR) is 96.2 cm³/mol. The van der Waals surface area contributed by atoms with Crippen LogP contribution in [-0.2, 0) is 11.0 Å². The molecule has 1 aromatic heterocycles. The zero-order valence-corrected chi connectivity index (χ0v) is 15.7. The van der Waals surface area contributed by atoms with E-state index in [1.807, 2.05) is 13.8 Å². The van der Waals surface area contributed by atoms with Gasteiger partial charge in [0.2, 0.25) is 0 Å². The van der Waals surface area contributed by atoms with Crippen LogP contribution in [0.1, 0.15) is 41.9 Å². The molecule has 1 aromatic carbocycles.